The topological polar surface area (TPSA) is 99.9 Å². The van der Waals surface area contributed by atoms with Gasteiger partial charge in [0.15, 0.2) is 0 Å². The zero-order chi connectivity index (χ0) is 13.8. The lowest BCUT2D eigenvalue weighted by atomic mass is 10.2. The van der Waals surface area contributed by atoms with Gasteiger partial charge in [-0.3, -0.25) is 10.1 Å². The molecule has 2 N–H and O–H groups in total. The van der Waals surface area contributed by atoms with Crippen LogP contribution in [0.5, 0.6) is 0 Å². The van der Waals surface area contributed by atoms with Gasteiger partial charge in [0.05, 0.1) is 29.4 Å². The van der Waals surface area contributed by atoms with E-state index in [4.69, 9.17) is 5.73 Å². The van der Waals surface area contributed by atoms with Crippen LogP contribution in [0.3, 0.4) is 0 Å². The summed E-state index contributed by atoms with van der Waals surface area (Å²) in [4.78, 5) is 10.3. The summed E-state index contributed by atoms with van der Waals surface area (Å²) in [5, 5.41) is 18.7. The SMILES string of the molecule is CCC(N)c1cn(Cc2cccc([N+](=O)[O-])c2)nn1. The smallest absolute Gasteiger partial charge is 0.269 e. The molecular weight excluding hydrogens is 246 g/mol. The summed E-state index contributed by atoms with van der Waals surface area (Å²) in [5.41, 5.74) is 7.46. The fourth-order valence-corrected chi connectivity index (χ4v) is 1.73. The normalized spacial score (nSPS) is 12.3. The highest BCUT2D eigenvalue weighted by Crippen LogP contribution is 2.15. The van der Waals surface area contributed by atoms with Gasteiger partial charge in [-0.25, -0.2) is 4.68 Å². The minimum Gasteiger partial charge on any atom is -0.323 e. The minimum absolute atomic E-state index is 0.0723. The number of hydrogen-bond donors (Lipinski definition) is 1. The standard InChI is InChI=1S/C12H15N5O2/c1-2-11(13)12-8-16(15-14-12)7-9-4-3-5-10(6-9)17(18)19/h3-6,8,11H,2,7,13H2,1H3. The van der Waals surface area contributed by atoms with Crippen LogP contribution >= 0.6 is 0 Å². The monoisotopic (exact) mass is 261 g/mol. The summed E-state index contributed by atoms with van der Waals surface area (Å²) in [7, 11) is 0. The summed E-state index contributed by atoms with van der Waals surface area (Å²) >= 11 is 0. The van der Waals surface area contributed by atoms with Crippen LogP contribution in [0.15, 0.2) is 30.5 Å². The molecule has 1 aromatic heterocycles. The zero-order valence-electron chi connectivity index (χ0n) is 10.6. The number of aromatic nitrogens is 3. The molecule has 1 unspecified atom stereocenters. The van der Waals surface area contributed by atoms with E-state index < -0.39 is 4.92 Å². The molecule has 0 bridgehead atoms. The van der Waals surface area contributed by atoms with Crippen molar-refractivity contribution in [2.24, 2.45) is 5.73 Å². The maximum atomic E-state index is 10.7. The van der Waals surface area contributed by atoms with Gasteiger partial charge < -0.3 is 5.73 Å². The van der Waals surface area contributed by atoms with Crippen molar-refractivity contribution in [2.45, 2.75) is 25.9 Å². The number of nitrogens with zero attached hydrogens (tertiary/aromatic N) is 4. The second-order valence-electron chi connectivity index (χ2n) is 4.28. The van der Waals surface area contributed by atoms with Crippen molar-refractivity contribution in [1.29, 1.82) is 0 Å². The number of nitro groups is 1. The van der Waals surface area contributed by atoms with Crippen molar-refractivity contribution in [2.75, 3.05) is 0 Å². The summed E-state index contributed by atoms with van der Waals surface area (Å²) < 4.78 is 1.63. The highest BCUT2D eigenvalue weighted by molar-refractivity contribution is 5.34. The van der Waals surface area contributed by atoms with Crippen molar-refractivity contribution in [1.82, 2.24) is 15.0 Å². The molecule has 19 heavy (non-hydrogen) atoms. The van der Waals surface area contributed by atoms with Crippen LogP contribution in [0.2, 0.25) is 0 Å². The highest BCUT2D eigenvalue weighted by atomic mass is 16.6. The molecule has 2 rings (SSSR count). The average Bonchev–Trinajstić information content (AvgIpc) is 2.86. The lowest BCUT2D eigenvalue weighted by molar-refractivity contribution is -0.384. The molecule has 0 aliphatic heterocycles. The number of non-ortho nitro benzene ring substituents is 1. The van der Waals surface area contributed by atoms with Gasteiger partial charge in [-0.1, -0.05) is 24.3 Å². The van der Waals surface area contributed by atoms with E-state index in [1.165, 1.54) is 12.1 Å². The van der Waals surface area contributed by atoms with Crippen LogP contribution in [0.1, 0.15) is 30.6 Å². The summed E-state index contributed by atoms with van der Waals surface area (Å²) in [6.45, 7) is 2.41. The molecule has 0 spiro atoms. The van der Waals surface area contributed by atoms with E-state index in [-0.39, 0.29) is 11.7 Å². The number of nitrogens with two attached hydrogens (primary N) is 1. The molecule has 0 saturated heterocycles. The van der Waals surface area contributed by atoms with E-state index in [1.54, 1.807) is 16.9 Å². The summed E-state index contributed by atoms with van der Waals surface area (Å²) in [6, 6.07) is 6.33. The van der Waals surface area contributed by atoms with Crippen molar-refractivity contribution in [3.8, 4) is 0 Å². The van der Waals surface area contributed by atoms with Crippen molar-refractivity contribution < 1.29 is 4.92 Å². The van der Waals surface area contributed by atoms with E-state index in [1.807, 2.05) is 13.0 Å². The Kier molecular flexibility index (Phi) is 3.86. The van der Waals surface area contributed by atoms with Crippen LogP contribution in [0.4, 0.5) is 5.69 Å². The Morgan fingerprint density at radius 2 is 2.32 bits per heavy atom. The molecule has 100 valence electrons. The molecule has 2 aromatic rings. The third kappa shape index (κ3) is 3.14. The molecule has 1 aromatic carbocycles. The van der Waals surface area contributed by atoms with Gasteiger partial charge >= 0.3 is 0 Å². The quantitative estimate of drug-likeness (QED) is 0.651. The third-order valence-corrected chi connectivity index (χ3v) is 2.84. The van der Waals surface area contributed by atoms with Gasteiger partial charge in [-0.2, -0.15) is 0 Å². The fraction of sp³-hybridized carbons (Fsp3) is 0.333. The Balaban J connectivity index is 2.15. The number of benzene rings is 1. The molecule has 7 nitrogen and oxygen atoms in total. The Hall–Kier alpha value is -2.28. The first-order valence-corrected chi connectivity index (χ1v) is 5.99. The highest BCUT2D eigenvalue weighted by Gasteiger charge is 2.10. The maximum absolute atomic E-state index is 10.7. The lowest BCUT2D eigenvalue weighted by Crippen LogP contribution is -2.08. The lowest BCUT2D eigenvalue weighted by Gasteiger charge is -2.02. The van der Waals surface area contributed by atoms with Crippen molar-refractivity contribution in [3.05, 3.63) is 51.8 Å². The van der Waals surface area contributed by atoms with Gasteiger partial charge in [-0.05, 0) is 12.0 Å². The predicted molar refractivity (Wildman–Crippen MR) is 69.4 cm³/mol. The van der Waals surface area contributed by atoms with Crippen LogP contribution in [0, 0.1) is 10.1 Å². The largest absolute Gasteiger partial charge is 0.323 e. The van der Waals surface area contributed by atoms with Gasteiger partial charge in [0.25, 0.3) is 5.69 Å². The van der Waals surface area contributed by atoms with E-state index in [9.17, 15) is 10.1 Å². The van der Waals surface area contributed by atoms with Gasteiger partial charge in [0.1, 0.15) is 0 Å². The Labute approximate surface area is 110 Å². The Morgan fingerprint density at radius 1 is 1.53 bits per heavy atom. The van der Waals surface area contributed by atoms with Crippen LogP contribution in [-0.4, -0.2) is 19.9 Å². The maximum Gasteiger partial charge on any atom is 0.269 e. The molecule has 0 aliphatic carbocycles. The molecule has 1 heterocycles. The summed E-state index contributed by atoms with van der Waals surface area (Å²) in [5.74, 6) is 0. The summed E-state index contributed by atoms with van der Waals surface area (Å²) in [6.07, 6.45) is 2.56. The first-order chi connectivity index (χ1) is 9.10. The van der Waals surface area contributed by atoms with Crippen molar-refractivity contribution in [3.63, 3.8) is 0 Å². The zero-order valence-corrected chi connectivity index (χ0v) is 10.6. The minimum atomic E-state index is -0.413. The van der Waals surface area contributed by atoms with Gasteiger partial charge in [-0.15, -0.1) is 5.10 Å². The number of nitro benzene ring substituents is 1. The van der Waals surface area contributed by atoms with E-state index in [0.29, 0.717) is 6.54 Å². The van der Waals surface area contributed by atoms with Gasteiger partial charge in [0.2, 0.25) is 0 Å². The van der Waals surface area contributed by atoms with E-state index in [0.717, 1.165) is 17.7 Å². The van der Waals surface area contributed by atoms with E-state index >= 15 is 0 Å². The van der Waals surface area contributed by atoms with Crippen LogP contribution in [-0.2, 0) is 6.54 Å². The third-order valence-electron chi connectivity index (χ3n) is 2.84. The molecule has 0 saturated carbocycles. The first kappa shape index (κ1) is 13.2. The second-order valence-corrected chi connectivity index (χ2v) is 4.28. The molecule has 0 radical (unpaired) electrons. The molecule has 0 fully saturated rings. The van der Waals surface area contributed by atoms with Gasteiger partial charge in [0, 0.05) is 12.1 Å². The Morgan fingerprint density at radius 3 is 3.00 bits per heavy atom. The molecule has 7 heteroatoms. The molecule has 0 aliphatic rings. The van der Waals surface area contributed by atoms with Crippen LogP contribution in [0.25, 0.3) is 0 Å². The molecular formula is C12H15N5O2. The molecule has 0 amide bonds. The number of rotatable bonds is 5. The van der Waals surface area contributed by atoms with E-state index in [2.05, 4.69) is 10.3 Å². The fourth-order valence-electron chi connectivity index (χ4n) is 1.73. The molecule has 1 atom stereocenters. The predicted octanol–water partition coefficient (Wildman–Crippen LogP) is 1.64. The van der Waals surface area contributed by atoms with Crippen LogP contribution < -0.4 is 5.73 Å². The first-order valence-electron chi connectivity index (χ1n) is 5.99. The second kappa shape index (κ2) is 5.57. The average molecular weight is 261 g/mol. The Bertz CT molecular complexity index is 581. The number of hydrogen-bond acceptors (Lipinski definition) is 5. The van der Waals surface area contributed by atoms with Crippen molar-refractivity contribution >= 4 is 5.69 Å².